The van der Waals surface area contributed by atoms with Crippen LogP contribution in [0, 0.1) is 0 Å². The number of nitrogens with zero attached hydrogens (tertiary/aromatic N) is 1. The summed E-state index contributed by atoms with van der Waals surface area (Å²) in [5.41, 5.74) is 2.54. The van der Waals surface area contributed by atoms with Crippen LogP contribution >= 0.6 is 0 Å². The van der Waals surface area contributed by atoms with Crippen LogP contribution < -0.4 is 0 Å². The number of benzene rings is 1. The first-order valence-electron chi connectivity index (χ1n) is 6.46. The molecule has 0 fully saturated rings. The topological polar surface area (TPSA) is 40.5 Å². The SMILES string of the molecule is C=C1c2ccccc2C(=O)N1CCCCCCO. The summed E-state index contributed by atoms with van der Waals surface area (Å²) < 4.78 is 0. The van der Waals surface area contributed by atoms with Crippen molar-refractivity contribution in [1.82, 2.24) is 4.90 Å². The van der Waals surface area contributed by atoms with Crippen LogP contribution in [0.2, 0.25) is 0 Å². The van der Waals surface area contributed by atoms with Gasteiger partial charge in [0.2, 0.25) is 0 Å². The van der Waals surface area contributed by atoms with Gasteiger partial charge >= 0.3 is 0 Å². The van der Waals surface area contributed by atoms with Crippen molar-refractivity contribution in [1.29, 1.82) is 0 Å². The summed E-state index contributed by atoms with van der Waals surface area (Å²) in [5, 5.41) is 8.70. The fourth-order valence-corrected chi connectivity index (χ4v) is 2.31. The van der Waals surface area contributed by atoms with Crippen molar-refractivity contribution in [2.45, 2.75) is 25.7 Å². The van der Waals surface area contributed by atoms with E-state index in [-0.39, 0.29) is 12.5 Å². The third-order valence-corrected chi connectivity index (χ3v) is 3.33. The molecule has 3 nitrogen and oxygen atoms in total. The molecule has 0 atom stereocenters. The molecule has 0 saturated heterocycles. The van der Waals surface area contributed by atoms with Gasteiger partial charge in [-0.2, -0.15) is 0 Å². The standard InChI is InChI=1S/C15H19NO2/c1-12-13-8-4-5-9-14(13)15(18)16(12)10-6-2-3-7-11-17/h4-5,8-9,17H,1-3,6-7,10-11H2. The van der Waals surface area contributed by atoms with Crippen LogP contribution in [0.4, 0.5) is 0 Å². The molecule has 2 rings (SSSR count). The van der Waals surface area contributed by atoms with Crippen molar-refractivity contribution in [3.8, 4) is 0 Å². The lowest BCUT2D eigenvalue weighted by atomic mass is 10.1. The molecule has 0 unspecified atom stereocenters. The van der Waals surface area contributed by atoms with E-state index in [0.717, 1.165) is 49.1 Å². The number of unbranched alkanes of at least 4 members (excludes halogenated alkanes) is 3. The van der Waals surface area contributed by atoms with Gasteiger partial charge in [0, 0.05) is 30.0 Å². The van der Waals surface area contributed by atoms with Crippen molar-refractivity contribution in [3.05, 3.63) is 42.0 Å². The minimum absolute atomic E-state index is 0.0674. The second kappa shape index (κ2) is 5.83. The van der Waals surface area contributed by atoms with E-state index < -0.39 is 0 Å². The maximum atomic E-state index is 12.2. The molecule has 1 aromatic carbocycles. The average Bonchev–Trinajstić information content (AvgIpc) is 2.64. The molecular formula is C15H19NO2. The molecule has 0 aliphatic carbocycles. The van der Waals surface area contributed by atoms with Gasteiger partial charge < -0.3 is 10.0 Å². The van der Waals surface area contributed by atoms with E-state index in [4.69, 9.17) is 5.11 Å². The fourth-order valence-electron chi connectivity index (χ4n) is 2.31. The molecule has 1 aromatic rings. The Labute approximate surface area is 108 Å². The van der Waals surface area contributed by atoms with Gasteiger partial charge in [-0.3, -0.25) is 4.79 Å². The lowest BCUT2D eigenvalue weighted by molar-refractivity contribution is 0.0848. The van der Waals surface area contributed by atoms with Crippen molar-refractivity contribution in [2.75, 3.05) is 13.2 Å². The minimum Gasteiger partial charge on any atom is -0.396 e. The van der Waals surface area contributed by atoms with E-state index in [2.05, 4.69) is 6.58 Å². The normalized spacial score (nSPS) is 14.2. The highest BCUT2D eigenvalue weighted by molar-refractivity contribution is 6.08. The molecular weight excluding hydrogens is 226 g/mol. The highest BCUT2D eigenvalue weighted by atomic mass is 16.2. The Balaban J connectivity index is 1.93. The van der Waals surface area contributed by atoms with Gasteiger partial charge in [0.25, 0.3) is 5.91 Å². The molecule has 96 valence electrons. The highest BCUT2D eigenvalue weighted by Gasteiger charge is 2.29. The Hall–Kier alpha value is -1.61. The first-order valence-corrected chi connectivity index (χ1v) is 6.46. The monoisotopic (exact) mass is 245 g/mol. The number of hydrogen-bond donors (Lipinski definition) is 1. The number of rotatable bonds is 6. The van der Waals surface area contributed by atoms with Gasteiger partial charge in [0.15, 0.2) is 0 Å². The minimum atomic E-state index is 0.0674. The number of aliphatic hydroxyl groups excluding tert-OH is 1. The van der Waals surface area contributed by atoms with Gasteiger partial charge in [-0.25, -0.2) is 0 Å². The zero-order chi connectivity index (χ0) is 13.0. The average molecular weight is 245 g/mol. The van der Waals surface area contributed by atoms with Crippen molar-refractivity contribution in [3.63, 3.8) is 0 Å². The van der Waals surface area contributed by atoms with Crippen molar-refractivity contribution < 1.29 is 9.90 Å². The van der Waals surface area contributed by atoms with E-state index >= 15 is 0 Å². The predicted molar refractivity (Wildman–Crippen MR) is 72.1 cm³/mol. The summed E-state index contributed by atoms with van der Waals surface area (Å²) in [6.07, 6.45) is 3.85. The number of hydrogen-bond acceptors (Lipinski definition) is 2. The summed E-state index contributed by atoms with van der Waals surface area (Å²) >= 11 is 0. The maximum Gasteiger partial charge on any atom is 0.258 e. The molecule has 0 saturated carbocycles. The van der Waals surface area contributed by atoms with Crippen LogP contribution in [0.1, 0.15) is 41.6 Å². The molecule has 1 aliphatic rings. The van der Waals surface area contributed by atoms with Crippen LogP contribution in [0.3, 0.4) is 0 Å². The van der Waals surface area contributed by atoms with Crippen LogP contribution in [0.25, 0.3) is 5.70 Å². The second-order valence-electron chi connectivity index (χ2n) is 4.59. The molecule has 0 spiro atoms. The van der Waals surface area contributed by atoms with E-state index in [1.54, 1.807) is 4.90 Å². The van der Waals surface area contributed by atoms with Crippen LogP contribution in [0.5, 0.6) is 0 Å². The molecule has 1 N–H and O–H groups in total. The van der Waals surface area contributed by atoms with Gasteiger partial charge in [-0.05, 0) is 18.9 Å². The smallest absolute Gasteiger partial charge is 0.258 e. The first-order chi connectivity index (χ1) is 8.75. The summed E-state index contributed by atoms with van der Waals surface area (Å²) in [7, 11) is 0. The summed E-state index contributed by atoms with van der Waals surface area (Å²) in [5.74, 6) is 0.0674. The molecule has 18 heavy (non-hydrogen) atoms. The summed E-state index contributed by atoms with van der Waals surface area (Å²) in [6.45, 7) is 4.98. The number of carbonyl (C=O) groups is 1. The first kappa shape index (κ1) is 12.8. The Morgan fingerprint density at radius 3 is 2.39 bits per heavy atom. The number of carbonyl (C=O) groups excluding carboxylic acids is 1. The number of amides is 1. The lowest BCUT2D eigenvalue weighted by Gasteiger charge is -2.17. The molecule has 0 bridgehead atoms. The summed E-state index contributed by atoms with van der Waals surface area (Å²) in [6, 6.07) is 7.62. The van der Waals surface area contributed by atoms with Gasteiger partial charge in [-0.1, -0.05) is 37.6 Å². The number of aliphatic hydroxyl groups is 1. The third-order valence-electron chi connectivity index (χ3n) is 3.33. The Morgan fingerprint density at radius 2 is 1.72 bits per heavy atom. The molecule has 1 aliphatic heterocycles. The van der Waals surface area contributed by atoms with E-state index in [1.807, 2.05) is 24.3 Å². The van der Waals surface area contributed by atoms with Crippen molar-refractivity contribution >= 4 is 11.6 Å². The van der Waals surface area contributed by atoms with E-state index in [9.17, 15) is 4.79 Å². The summed E-state index contributed by atoms with van der Waals surface area (Å²) in [4.78, 5) is 13.9. The predicted octanol–water partition coefficient (Wildman–Crippen LogP) is 2.67. The van der Waals surface area contributed by atoms with Crippen LogP contribution in [-0.2, 0) is 0 Å². The van der Waals surface area contributed by atoms with Gasteiger partial charge in [0.1, 0.15) is 0 Å². The highest BCUT2D eigenvalue weighted by Crippen LogP contribution is 2.31. The zero-order valence-electron chi connectivity index (χ0n) is 10.6. The molecule has 1 heterocycles. The molecule has 0 radical (unpaired) electrons. The quantitative estimate of drug-likeness (QED) is 0.783. The Bertz CT molecular complexity index is 419. The largest absolute Gasteiger partial charge is 0.396 e. The molecule has 1 amide bonds. The third kappa shape index (κ3) is 2.46. The van der Waals surface area contributed by atoms with E-state index in [1.165, 1.54) is 0 Å². The van der Waals surface area contributed by atoms with Gasteiger partial charge in [0.05, 0.1) is 0 Å². The Kier molecular flexibility index (Phi) is 4.15. The van der Waals surface area contributed by atoms with Gasteiger partial charge in [-0.15, -0.1) is 0 Å². The zero-order valence-corrected chi connectivity index (χ0v) is 10.6. The van der Waals surface area contributed by atoms with Crippen molar-refractivity contribution in [2.24, 2.45) is 0 Å². The fraction of sp³-hybridized carbons (Fsp3) is 0.400. The van der Waals surface area contributed by atoms with E-state index in [0.29, 0.717) is 0 Å². The van der Waals surface area contributed by atoms with Crippen LogP contribution in [-0.4, -0.2) is 29.1 Å². The maximum absolute atomic E-state index is 12.2. The second-order valence-corrected chi connectivity index (χ2v) is 4.59. The number of fused-ring (bicyclic) bond motifs is 1. The van der Waals surface area contributed by atoms with Crippen LogP contribution in [0.15, 0.2) is 30.8 Å². The Morgan fingerprint density at radius 1 is 1.06 bits per heavy atom. The molecule has 0 aromatic heterocycles. The lowest BCUT2D eigenvalue weighted by Crippen LogP contribution is -2.23. The molecule has 3 heteroatoms.